The molecular formula is C20H30O5. The van der Waals surface area contributed by atoms with E-state index in [4.69, 9.17) is 18.9 Å². The van der Waals surface area contributed by atoms with Gasteiger partial charge < -0.3 is 18.9 Å². The Morgan fingerprint density at radius 1 is 1.40 bits per heavy atom. The van der Waals surface area contributed by atoms with Crippen LogP contribution in [-0.4, -0.2) is 49.7 Å². The SMILES string of the molecule is CCOC(=O)/C=C1/CC[C@]2(CO2)[C@@H](C2(C)O[C@@H]2CC=C(C)C)[C@@H]1OC. The molecule has 1 spiro atoms. The molecule has 25 heavy (non-hydrogen) atoms. The zero-order valence-electron chi connectivity index (χ0n) is 16.0. The van der Waals surface area contributed by atoms with E-state index in [1.54, 1.807) is 13.2 Å². The van der Waals surface area contributed by atoms with Gasteiger partial charge in [-0.2, -0.15) is 0 Å². The Hall–Kier alpha value is -1.17. The number of rotatable bonds is 6. The van der Waals surface area contributed by atoms with Gasteiger partial charge in [-0.05, 0) is 52.5 Å². The summed E-state index contributed by atoms with van der Waals surface area (Å²) in [6.45, 7) is 9.30. The van der Waals surface area contributed by atoms with E-state index < -0.39 is 0 Å². The van der Waals surface area contributed by atoms with Gasteiger partial charge in [0.15, 0.2) is 0 Å². The first-order chi connectivity index (χ1) is 11.9. The molecule has 140 valence electrons. The average Bonchev–Trinajstić information content (AvgIpc) is 3.45. The second-order valence-corrected chi connectivity index (χ2v) is 7.77. The molecular weight excluding hydrogens is 320 g/mol. The predicted molar refractivity (Wildman–Crippen MR) is 94.2 cm³/mol. The van der Waals surface area contributed by atoms with Gasteiger partial charge in [0.25, 0.3) is 0 Å². The lowest BCUT2D eigenvalue weighted by Gasteiger charge is -2.40. The van der Waals surface area contributed by atoms with Gasteiger partial charge in [-0.25, -0.2) is 4.79 Å². The summed E-state index contributed by atoms with van der Waals surface area (Å²) < 4.78 is 23.0. The van der Waals surface area contributed by atoms with Gasteiger partial charge in [0.1, 0.15) is 11.2 Å². The summed E-state index contributed by atoms with van der Waals surface area (Å²) in [6, 6.07) is 0. The van der Waals surface area contributed by atoms with Crippen LogP contribution in [0.1, 0.15) is 47.0 Å². The smallest absolute Gasteiger partial charge is 0.330 e. The van der Waals surface area contributed by atoms with E-state index in [2.05, 4.69) is 26.8 Å². The van der Waals surface area contributed by atoms with Crippen LogP contribution < -0.4 is 0 Å². The number of carbonyl (C=O) groups excluding carboxylic acids is 1. The van der Waals surface area contributed by atoms with Gasteiger partial charge in [-0.15, -0.1) is 0 Å². The average molecular weight is 350 g/mol. The van der Waals surface area contributed by atoms with Crippen LogP contribution in [0.2, 0.25) is 0 Å². The largest absolute Gasteiger partial charge is 0.463 e. The molecule has 1 unspecified atom stereocenters. The van der Waals surface area contributed by atoms with Crippen LogP contribution in [0.5, 0.6) is 0 Å². The molecule has 3 rings (SSSR count). The van der Waals surface area contributed by atoms with Crippen molar-refractivity contribution in [2.24, 2.45) is 5.92 Å². The molecule has 5 nitrogen and oxygen atoms in total. The Labute approximate surface area is 150 Å². The standard InChI is InChI=1S/C20H30O5/c1-6-23-16(21)11-14-9-10-20(12-24-20)18(17(14)22-5)19(4)15(25-19)8-7-13(2)3/h7,11,15,17-18H,6,8-10,12H2,1-5H3/b14-11-/t15-,17-,18-,19?,20+/m1/s1. The highest BCUT2D eigenvalue weighted by molar-refractivity contribution is 5.83. The molecule has 5 heteroatoms. The summed E-state index contributed by atoms with van der Waals surface area (Å²) in [7, 11) is 1.70. The first kappa shape index (κ1) is 18.6. The Morgan fingerprint density at radius 3 is 2.68 bits per heavy atom. The molecule has 0 bridgehead atoms. The maximum absolute atomic E-state index is 11.9. The number of ether oxygens (including phenoxy) is 4. The van der Waals surface area contributed by atoms with E-state index in [1.807, 2.05) is 6.92 Å². The number of hydrogen-bond donors (Lipinski definition) is 0. The van der Waals surface area contributed by atoms with Crippen LogP contribution in [0, 0.1) is 5.92 Å². The lowest BCUT2D eigenvalue weighted by atomic mass is 9.67. The second kappa shape index (κ2) is 6.86. The summed E-state index contributed by atoms with van der Waals surface area (Å²) in [4.78, 5) is 11.9. The number of carbonyl (C=O) groups is 1. The zero-order valence-corrected chi connectivity index (χ0v) is 16.0. The van der Waals surface area contributed by atoms with Crippen LogP contribution in [0.4, 0.5) is 0 Å². The molecule has 3 fully saturated rings. The van der Waals surface area contributed by atoms with Crippen molar-refractivity contribution < 1.29 is 23.7 Å². The fourth-order valence-corrected chi connectivity index (χ4v) is 4.33. The highest BCUT2D eigenvalue weighted by atomic mass is 16.6. The quantitative estimate of drug-likeness (QED) is 0.319. The first-order valence-electron chi connectivity index (χ1n) is 9.21. The molecule has 2 saturated heterocycles. The monoisotopic (exact) mass is 350 g/mol. The molecule has 0 N–H and O–H groups in total. The third-order valence-corrected chi connectivity index (χ3v) is 5.77. The topological polar surface area (TPSA) is 60.6 Å². The van der Waals surface area contributed by atoms with Crippen molar-refractivity contribution in [3.05, 3.63) is 23.3 Å². The number of esters is 1. The Morgan fingerprint density at radius 2 is 2.12 bits per heavy atom. The fraction of sp³-hybridized carbons (Fsp3) is 0.750. The highest BCUT2D eigenvalue weighted by Gasteiger charge is 2.71. The van der Waals surface area contributed by atoms with E-state index in [1.165, 1.54) is 5.57 Å². The first-order valence-corrected chi connectivity index (χ1v) is 9.21. The Bertz CT molecular complexity index is 585. The number of methoxy groups -OCH3 is 1. The highest BCUT2D eigenvalue weighted by Crippen LogP contribution is 2.60. The van der Waals surface area contributed by atoms with Crippen molar-refractivity contribution in [2.45, 2.75) is 70.4 Å². The van der Waals surface area contributed by atoms with Crippen LogP contribution in [0.25, 0.3) is 0 Å². The summed E-state index contributed by atoms with van der Waals surface area (Å²) in [5.41, 5.74) is 1.84. The lowest BCUT2D eigenvalue weighted by Crippen LogP contribution is -2.50. The van der Waals surface area contributed by atoms with Crippen molar-refractivity contribution in [1.29, 1.82) is 0 Å². The maximum Gasteiger partial charge on any atom is 0.330 e. The van der Waals surface area contributed by atoms with Crippen molar-refractivity contribution in [2.75, 3.05) is 20.3 Å². The van der Waals surface area contributed by atoms with E-state index in [9.17, 15) is 4.79 Å². The normalized spacial score (nSPS) is 40.8. The van der Waals surface area contributed by atoms with Crippen LogP contribution in [0.3, 0.4) is 0 Å². The van der Waals surface area contributed by atoms with Crippen molar-refractivity contribution in [3.8, 4) is 0 Å². The lowest BCUT2D eigenvalue weighted by molar-refractivity contribution is -0.137. The van der Waals surface area contributed by atoms with Crippen LogP contribution >= 0.6 is 0 Å². The van der Waals surface area contributed by atoms with Gasteiger partial charge in [-0.3, -0.25) is 0 Å². The van der Waals surface area contributed by atoms with E-state index in [0.717, 1.165) is 31.4 Å². The number of epoxide rings is 2. The fourth-order valence-electron chi connectivity index (χ4n) is 4.33. The van der Waals surface area contributed by atoms with Crippen LogP contribution in [0.15, 0.2) is 23.3 Å². The summed E-state index contributed by atoms with van der Waals surface area (Å²) >= 11 is 0. The van der Waals surface area contributed by atoms with Crippen LogP contribution in [-0.2, 0) is 23.7 Å². The van der Waals surface area contributed by atoms with Gasteiger partial charge in [0, 0.05) is 13.2 Å². The van der Waals surface area contributed by atoms with E-state index >= 15 is 0 Å². The van der Waals surface area contributed by atoms with Gasteiger partial charge in [0.2, 0.25) is 0 Å². The van der Waals surface area contributed by atoms with Gasteiger partial charge in [0.05, 0.1) is 31.3 Å². The molecule has 0 aromatic heterocycles. The molecule has 2 aliphatic heterocycles. The van der Waals surface area contributed by atoms with Gasteiger partial charge >= 0.3 is 5.97 Å². The molecule has 0 aromatic rings. The van der Waals surface area contributed by atoms with Crippen molar-refractivity contribution in [1.82, 2.24) is 0 Å². The molecule has 1 saturated carbocycles. The van der Waals surface area contributed by atoms with Crippen molar-refractivity contribution >= 4 is 5.97 Å². The molecule has 5 atom stereocenters. The third-order valence-electron chi connectivity index (χ3n) is 5.77. The molecule has 0 radical (unpaired) electrons. The summed E-state index contributed by atoms with van der Waals surface area (Å²) in [5, 5.41) is 0. The summed E-state index contributed by atoms with van der Waals surface area (Å²) in [5.74, 6) is -0.205. The van der Waals surface area contributed by atoms with E-state index in [-0.39, 0.29) is 35.3 Å². The zero-order chi connectivity index (χ0) is 18.2. The molecule has 1 aliphatic carbocycles. The minimum Gasteiger partial charge on any atom is -0.463 e. The predicted octanol–water partition coefficient (Wildman–Crippen LogP) is 3.18. The molecule has 3 aliphatic rings. The maximum atomic E-state index is 11.9. The minimum absolute atomic E-state index is 0.0926. The minimum atomic E-state index is -0.297. The molecule has 0 amide bonds. The molecule has 0 aromatic carbocycles. The molecule has 2 heterocycles. The van der Waals surface area contributed by atoms with E-state index in [0.29, 0.717) is 6.61 Å². The number of hydrogen-bond acceptors (Lipinski definition) is 5. The Kier molecular flexibility index (Phi) is 5.11. The second-order valence-electron chi connectivity index (χ2n) is 7.77. The number of allylic oxidation sites excluding steroid dienone is 1. The summed E-state index contributed by atoms with van der Waals surface area (Å²) in [6.07, 6.45) is 6.42. The Balaban J connectivity index is 1.82. The van der Waals surface area contributed by atoms with Gasteiger partial charge in [-0.1, -0.05) is 11.6 Å². The van der Waals surface area contributed by atoms with Crippen molar-refractivity contribution in [3.63, 3.8) is 0 Å². The third kappa shape index (κ3) is 3.55.